The molecule has 0 radical (unpaired) electrons. The Hall–Kier alpha value is -0.101. The molecule has 0 aliphatic carbocycles. The van der Waals surface area contributed by atoms with E-state index in [0.29, 0.717) is 39.1 Å². The van der Waals surface area contributed by atoms with Gasteiger partial charge in [0.05, 0.1) is 0 Å². The molecule has 0 aliphatic heterocycles. The van der Waals surface area contributed by atoms with Crippen molar-refractivity contribution < 1.29 is 9.59 Å². The minimum atomic E-state index is -0.123. The van der Waals surface area contributed by atoms with Crippen molar-refractivity contribution in [3.63, 3.8) is 0 Å². The second-order valence-corrected chi connectivity index (χ2v) is 10.1. The summed E-state index contributed by atoms with van der Waals surface area (Å²) in [6.45, 7) is 0. The van der Waals surface area contributed by atoms with Gasteiger partial charge in [0.15, 0.2) is 0 Å². The van der Waals surface area contributed by atoms with Gasteiger partial charge in [-0.2, -0.15) is 0 Å². The van der Waals surface area contributed by atoms with Gasteiger partial charge in [0.1, 0.15) is 0 Å². The van der Waals surface area contributed by atoms with Crippen molar-refractivity contribution in [3.8, 4) is 0 Å². The van der Waals surface area contributed by atoms with Crippen LogP contribution in [0.5, 0.6) is 0 Å². The Bertz CT molecular complexity index is 171. The number of nitrogens with one attached hydrogen (secondary N) is 2. The molecule has 0 heterocycles. The van der Waals surface area contributed by atoms with Crippen molar-refractivity contribution in [3.05, 3.63) is 0 Å². The van der Waals surface area contributed by atoms with E-state index in [2.05, 4.69) is 10.9 Å². The fourth-order valence-electron chi connectivity index (χ4n) is 0.531. The van der Waals surface area contributed by atoms with Gasteiger partial charge in [0.25, 0.3) is 0 Å². The summed E-state index contributed by atoms with van der Waals surface area (Å²) >= 11 is 0.933. The number of hydrazine groups is 2. The number of carbonyl (C=O) groups is 2. The Kier molecular flexibility index (Phi) is 9.39. The summed E-state index contributed by atoms with van der Waals surface area (Å²) in [6, 6.07) is 0. The minimum absolute atomic E-state index is 0.123. The maximum absolute atomic E-state index is 10.7. The second-order valence-electron chi connectivity index (χ2n) is 2.28. The summed E-state index contributed by atoms with van der Waals surface area (Å²) in [7, 11) is 0. The molecule has 0 aromatic rings. The van der Waals surface area contributed by atoms with Crippen molar-refractivity contribution in [1.82, 2.24) is 10.9 Å². The van der Waals surface area contributed by atoms with Gasteiger partial charge in [-0.15, -0.1) is 0 Å². The molecule has 6 nitrogen and oxygen atoms in total. The van der Waals surface area contributed by atoms with Crippen LogP contribution in [-0.2, 0) is 9.59 Å². The Labute approximate surface area is 93.7 Å². The van der Waals surface area contributed by atoms with Gasteiger partial charge in [-0.1, -0.05) is 0 Å². The molecule has 0 aliphatic rings. The van der Waals surface area contributed by atoms with E-state index in [1.54, 1.807) is 0 Å². The van der Waals surface area contributed by atoms with Crippen molar-refractivity contribution in [2.24, 2.45) is 11.7 Å². The zero-order valence-electron chi connectivity index (χ0n) is 7.62. The molecular weight excluding hydrogens is 318 g/mol. The van der Waals surface area contributed by atoms with Gasteiger partial charge in [0, 0.05) is 0 Å². The summed E-state index contributed by atoms with van der Waals surface area (Å²) in [6.07, 6.45) is 0.975. The van der Waals surface area contributed by atoms with Gasteiger partial charge >= 0.3 is 93.7 Å². The number of carbonyl (C=O) groups excluding carboxylic acids is 2. The zero-order valence-corrected chi connectivity index (χ0v) is 11.0. The molecule has 0 saturated heterocycles. The van der Waals surface area contributed by atoms with Crippen molar-refractivity contribution >= 4 is 38.1 Å². The molecule has 8 heteroatoms. The van der Waals surface area contributed by atoms with Gasteiger partial charge in [-0.05, 0) is 0 Å². The number of hydrogen-bond donors (Lipinski definition) is 4. The van der Waals surface area contributed by atoms with Crippen LogP contribution in [-0.4, -0.2) is 38.1 Å². The topological polar surface area (TPSA) is 110 Å². The fraction of sp³-hybridized carbons (Fsp3) is 0.667. The van der Waals surface area contributed by atoms with E-state index in [1.807, 2.05) is 0 Å². The number of nitrogens with two attached hydrogens (primary N) is 2. The van der Waals surface area contributed by atoms with Crippen LogP contribution in [0.25, 0.3) is 0 Å². The predicted octanol–water partition coefficient (Wildman–Crippen LogP) is -2.09. The fourth-order valence-corrected chi connectivity index (χ4v) is 6.54. The third-order valence-electron chi connectivity index (χ3n) is 1.23. The zero-order chi connectivity index (χ0) is 10.8. The van der Waals surface area contributed by atoms with Crippen LogP contribution in [0.15, 0.2) is 0 Å². The van der Waals surface area contributed by atoms with Crippen molar-refractivity contribution in [1.29, 1.82) is 0 Å². The first-order valence-electron chi connectivity index (χ1n) is 3.94. The SMILES string of the molecule is NNC(=O)CC[Se][Se]CCC(=O)NN. The monoisotopic (exact) mass is 334 g/mol. The average molecular weight is 332 g/mol. The molecule has 0 bridgehead atoms. The van der Waals surface area contributed by atoms with Gasteiger partial charge in [-0.3, -0.25) is 0 Å². The molecule has 0 fully saturated rings. The Morgan fingerprint density at radius 3 is 1.57 bits per heavy atom. The maximum atomic E-state index is 10.7. The normalized spacial score (nSPS) is 9.57. The summed E-state index contributed by atoms with van der Waals surface area (Å²) in [5.74, 6) is 9.59. The molecule has 82 valence electrons. The van der Waals surface area contributed by atoms with Gasteiger partial charge in [-0.25, -0.2) is 0 Å². The van der Waals surface area contributed by atoms with Crippen LogP contribution in [0.3, 0.4) is 0 Å². The molecule has 0 rings (SSSR count). The summed E-state index contributed by atoms with van der Waals surface area (Å²) < 4.78 is 0. The Balaban J connectivity index is 3.14. The van der Waals surface area contributed by atoms with Crippen LogP contribution < -0.4 is 22.5 Å². The number of rotatable bonds is 7. The van der Waals surface area contributed by atoms with Gasteiger partial charge in [0.2, 0.25) is 0 Å². The van der Waals surface area contributed by atoms with E-state index in [4.69, 9.17) is 11.7 Å². The molecule has 0 atom stereocenters. The van der Waals surface area contributed by atoms with E-state index in [0.717, 1.165) is 10.6 Å². The molecule has 0 spiro atoms. The molecule has 0 aromatic heterocycles. The van der Waals surface area contributed by atoms with Crippen molar-refractivity contribution in [2.75, 3.05) is 0 Å². The summed E-state index contributed by atoms with van der Waals surface area (Å²) in [4.78, 5) is 21.4. The number of amides is 2. The first-order chi connectivity index (χ1) is 6.70. The molecular formula is C6H14N4O2Se2. The van der Waals surface area contributed by atoms with E-state index in [9.17, 15) is 9.59 Å². The molecule has 0 aromatic carbocycles. The molecule has 2 amide bonds. The Morgan fingerprint density at radius 1 is 0.929 bits per heavy atom. The summed E-state index contributed by atoms with van der Waals surface area (Å²) in [5, 5.41) is 1.78. The molecule has 0 saturated carbocycles. The quantitative estimate of drug-likeness (QED) is 0.141. The van der Waals surface area contributed by atoms with Crippen LogP contribution in [0.4, 0.5) is 0 Å². The van der Waals surface area contributed by atoms with Crippen molar-refractivity contribution in [2.45, 2.75) is 23.5 Å². The van der Waals surface area contributed by atoms with Crippen LogP contribution >= 0.6 is 0 Å². The average Bonchev–Trinajstić information content (AvgIpc) is 2.22. The summed E-state index contributed by atoms with van der Waals surface area (Å²) in [5.41, 5.74) is 4.16. The number of hydrogen-bond acceptors (Lipinski definition) is 4. The third-order valence-corrected chi connectivity index (χ3v) is 8.59. The molecule has 0 unspecified atom stereocenters. The Morgan fingerprint density at radius 2 is 1.29 bits per heavy atom. The predicted molar refractivity (Wildman–Crippen MR) is 55.0 cm³/mol. The van der Waals surface area contributed by atoms with E-state index in [-0.39, 0.29) is 11.8 Å². The second kappa shape index (κ2) is 9.45. The van der Waals surface area contributed by atoms with E-state index < -0.39 is 0 Å². The first kappa shape index (κ1) is 13.9. The van der Waals surface area contributed by atoms with E-state index >= 15 is 0 Å². The van der Waals surface area contributed by atoms with Crippen LogP contribution in [0, 0.1) is 0 Å². The van der Waals surface area contributed by atoms with Crippen LogP contribution in [0.2, 0.25) is 10.6 Å². The first-order valence-corrected chi connectivity index (χ1v) is 10.7. The van der Waals surface area contributed by atoms with E-state index in [1.165, 1.54) is 0 Å². The molecule has 6 N–H and O–H groups in total. The van der Waals surface area contributed by atoms with Gasteiger partial charge < -0.3 is 0 Å². The molecule has 14 heavy (non-hydrogen) atoms. The standard InChI is InChI=1S/C6H14N4O2Se2/c7-9-5(11)1-3-13-14-4-2-6(12)10-8/h1-4,7-8H2,(H,9,11)(H,10,12). The van der Waals surface area contributed by atoms with Crippen LogP contribution in [0.1, 0.15) is 12.8 Å². The third kappa shape index (κ3) is 8.50.